The summed E-state index contributed by atoms with van der Waals surface area (Å²) in [6, 6.07) is 0. The molecule has 1 heterocycles. The summed E-state index contributed by atoms with van der Waals surface area (Å²) in [5.74, 6) is 0. The molecule has 0 aliphatic rings. The predicted molar refractivity (Wildman–Crippen MR) is 65.0 cm³/mol. The Hall–Kier alpha value is -1.29. The molecule has 0 radical (unpaired) electrons. The molecule has 2 nitrogen and oxygen atoms in total. The lowest BCUT2D eigenvalue weighted by Crippen LogP contribution is -1.88. The molecule has 0 amide bonds. The number of halogens is 1. The van der Waals surface area contributed by atoms with Crippen molar-refractivity contribution in [1.29, 1.82) is 0 Å². The second-order valence-electron chi connectivity index (χ2n) is 3.12. The third-order valence-electron chi connectivity index (χ3n) is 2.07. The monoisotopic (exact) mass is 224 g/mol. The Morgan fingerprint density at radius 1 is 1.53 bits per heavy atom. The summed E-state index contributed by atoms with van der Waals surface area (Å²) >= 11 is 0.0689. The standard InChI is InChI=1S/C11H13FN2S/c1-5-8(3)7-10-9(4)13-14(15-12)11(10)6-2/h5-7H,1-2H2,3-4H3/b8-7-. The maximum atomic E-state index is 12.5. The maximum absolute atomic E-state index is 12.5. The number of hydrogen-bond donors (Lipinski definition) is 0. The zero-order valence-electron chi connectivity index (χ0n) is 8.83. The van der Waals surface area contributed by atoms with Crippen molar-refractivity contribution in [3.8, 4) is 0 Å². The summed E-state index contributed by atoms with van der Waals surface area (Å²) in [7, 11) is 0. The fourth-order valence-electron chi connectivity index (χ4n) is 1.24. The highest BCUT2D eigenvalue weighted by atomic mass is 32.2. The molecule has 1 aromatic heterocycles. The minimum Gasteiger partial charge on any atom is -0.176 e. The number of allylic oxidation sites excluding steroid dienone is 2. The highest BCUT2D eigenvalue weighted by Gasteiger charge is 2.11. The van der Waals surface area contributed by atoms with E-state index in [1.165, 1.54) is 4.09 Å². The SMILES string of the molecule is C=C/C(C)=C\c1c(C)nn(SF)c1C=C. The summed E-state index contributed by atoms with van der Waals surface area (Å²) in [5.41, 5.74) is 3.33. The smallest absolute Gasteiger partial charge is 0.176 e. The van der Waals surface area contributed by atoms with Gasteiger partial charge >= 0.3 is 0 Å². The first-order valence-electron chi connectivity index (χ1n) is 4.46. The van der Waals surface area contributed by atoms with Crippen LogP contribution in [0.4, 0.5) is 3.89 Å². The third kappa shape index (κ3) is 2.39. The summed E-state index contributed by atoms with van der Waals surface area (Å²) in [6.45, 7) is 11.1. The molecule has 0 fully saturated rings. The molecule has 0 aromatic carbocycles. The Labute approximate surface area is 93.6 Å². The Balaban J connectivity index is 3.33. The van der Waals surface area contributed by atoms with Crippen LogP contribution in [0.1, 0.15) is 23.9 Å². The second kappa shape index (κ2) is 4.98. The molecular formula is C11H13FN2S. The van der Waals surface area contributed by atoms with Gasteiger partial charge < -0.3 is 0 Å². The molecule has 0 spiro atoms. The molecule has 1 aromatic rings. The van der Waals surface area contributed by atoms with Crippen LogP contribution in [0.15, 0.2) is 24.8 Å². The summed E-state index contributed by atoms with van der Waals surface area (Å²) in [5, 5.41) is 4.04. The van der Waals surface area contributed by atoms with Gasteiger partial charge in [0.25, 0.3) is 0 Å². The van der Waals surface area contributed by atoms with Crippen molar-refractivity contribution < 1.29 is 3.89 Å². The second-order valence-corrected chi connectivity index (χ2v) is 3.61. The van der Waals surface area contributed by atoms with Crippen molar-refractivity contribution in [3.63, 3.8) is 0 Å². The lowest BCUT2D eigenvalue weighted by atomic mass is 10.1. The van der Waals surface area contributed by atoms with Gasteiger partial charge in [-0.3, -0.25) is 0 Å². The highest BCUT2D eigenvalue weighted by molar-refractivity contribution is 7.92. The summed E-state index contributed by atoms with van der Waals surface area (Å²) in [4.78, 5) is 0. The summed E-state index contributed by atoms with van der Waals surface area (Å²) in [6.07, 6.45) is 5.25. The van der Waals surface area contributed by atoms with Gasteiger partial charge in [-0.1, -0.05) is 24.8 Å². The van der Waals surface area contributed by atoms with E-state index in [0.29, 0.717) is 5.69 Å². The van der Waals surface area contributed by atoms with Crippen molar-refractivity contribution in [2.75, 3.05) is 0 Å². The number of rotatable bonds is 4. The van der Waals surface area contributed by atoms with Crippen LogP contribution >= 0.6 is 12.3 Å². The van der Waals surface area contributed by atoms with Gasteiger partial charge in [0, 0.05) is 5.56 Å². The zero-order chi connectivity index (χ0) is 11.4. The van der Waals surface area contributed by atoms with Crippen LogP contribution in [0.3, 0.4) is 0 Å². The van der Waals surface area contributed by atoms with Crippen molar-refractivity contribution in [2.45, 2.75) is 13.8 Å². The zero-order valence-corrected chi connectivity index (χ0v) is 9.64. The van der Waals surface area contributed by atoms with E-state index in [0.717, 1.165) is 16.8 Å². The normalized spacial score (nSPS) is 11.5. The minimum absolute atomic E-state index is 0.0689. The molecule has 1 rings (SSSR count). The van der Waals surface area contributed by atoms with Gasteiger partial charge in [-0.2, -0.15) is 9.19 Å². The molecule has 80 valence electrons. The third-order valence-corrected chi connectivity index (χ3v) is 2.47. The van der Waals surface area contributed by atoms with Crippen LogP contribution in [-0.2, 0) is 0 Å². The van der Waals surface area contributed by atoms with E-state index in [1.54, 1.807) is 12.2 Å². The summed E-state index contributed by atoms with van der Waals surface area (Å²) < 4.78 is 13.7. The Morgan fingerprint density at radius 3 is 2.67 bits per heavy atom. The number of aromatic nitrogens is 2. The first kappa shape index (κ1) is 11.8. The highest BCUT2D eigenvalue weighted by Crippen LogP contribution is 2.23. The van der Waals surface area contributed by atoms with Crippen LogP contribution < -0.4 is 0 Å². The quantitative estimate of drug-likeness (QED) is 0.724. The van der Waals surface area contributed by atoms with Gasteiger partial charge in [-0.05, 0) is 26.0 Å². The molecule has 0 aliphatic heterocycles. The molecule has 15 heavy (non-hydrogen) atoms. The van der Waals surface area contributed by atoms with Gasteiger partial charge in [-0.25, -0.2) is 0 Å². The largest absolute Gasteiger partial charge is 0.188 e. The average molecular weight is 224 g/mol. The fraction of sp³-hybridized carbons (Fsp3) is 0.182. The van der Waals surface area contributed by atoms with E-state index in [-0.39, 0.29) is 12.3 Å². The van der Waals surface area contributed by atoms with E-state index < -0.39 is 0 Å². The molecule has 0 atom stereocenters. The number of nitrogens with zero attached hydrogens (tertiary/aromatic N) is 2. The van der Waals surface area contributed by atoms with Gasteiger partial charge in [0.2, 0.25) is 0 Å². The van der Waals surface area contributed by atoms with E-state index in [2.05, 4.69) is 18.3 Å². The number of aryl methyl sites for hydroxylation is 1. The van der Waals surface area contributed by atoms with E-state index in [4.69, 9.17) is 0 Å². The lowest BCUT2D eigenvalue weighted by Gasteiger charge is -1.97. The van der Waals surface area contributed by atoms with Gasteiger partial charge in [0.05, 0.1) is 11.4 Å². The van der Waals surface area contributed by atoms with E-state index in [1.807, 2.05) is 19.9 Å². The van der Waals surface area contributed by atoms with Crippen LogP contribution in [0, 0.1) is 6.92 Å². The first-order valence-corrected chi connectivity index (χ1v) is 5.13. The van der Waals surface area contributed by atoms with Crippen LogP contribution in [0.2, 0.25) is 0 Å². The lowest BCUT2D eigenvalue weighted by molar-refractivity contribution is 0.867. The Morgan fingerprint density at radius 2 is 2.20 bits per heavy atom. The molecule has 0 saturated heterocycles. The molecule has 0 bridgehead atoms. The Kier molecular flexibility index (Phi) is 3.91. The van der Waals surface area contributed by atoms with Crippen molar-refractivity contribution in [2.24, 2.45) is 0 Å². The molecule has 0 saturated carbocycles. The van der Waals surface area contributed by atoms with Crippen molar-refractivity contribution in [3.05, 3.63) is 41.8 Å². The van der Waals surface area contributed by atoms with Crippen LogP contribution in [0.5, 0.6) is 0 Å². The molecule has 4 heteroatoms. The van der Waals surface area contributed by atoms with Crippen molar-refractivity contribution in [1.82, 2.24) is 9.19 Å². The fourth-order valence-corrected chi connectivity index (χ4v) is 1.64. The van der Waals surface area contributed by atoms with Crippen LogP contribution in [-0.4, -0.2) is 9.19 Å². The molecule has 0 unspecified atom stereocenters. The van der Waals surface area contributed by atoms with E-state index >= 15 is 0 Å². The maximum Gasteiger partial charge on any atom is 0.188 e. The molecule has 0 N–H and O–H groups in total. The Bertz CT molecular complexity index is 418. The first-order chi connectivity index (χ1) is 7.13. The predicted octanol–water partition coefficient (Wildman–Crippen LogP) is 3.80. The molecular weight excluding hydrogens is 211 g/mol. The topological polar surface area (TPSA) is 17.8 Å². The minimum atomic E-state index is 0.0689. The van der Waals surface area contributed by atoms with Gasteiger partial charge in [0.15, 0.2) is 12.3 Å². The van der Waals surface area contributed by atoms with Gasteiger partial charge in [-0.15, -0.1) is 3.89 Å². The number of hydrogen-bond acceptors (Lipinski definition) is 2. The van der Waals surface area contributed by atoms with Crippen LogP contribution in [0.25, 0.3) is 12.2 Å². The van der Waals surface area contributed by atoms with Crippen molar-refractivity contribution >= 4 is 24.5 Å². The average Bonchev–Trinajstić information content (AvgIpc) is 2.55. The van der Waals surface area contributed by atoms with E-state index in [9.17, 15) is 3.89 Å². The van der Waals surface area contributed by atoms with Gasteiger partial charge in [0.1, 0.15) is 0 Å². The molecule has 0 aliphatic carbocycles.